The molecule has 0 spiro atoms. The predicted octanol–water partition coefficient (Wildman–Crippen LogP) is 8.07. The molecule has 2 heterocycles. The van der Waals surface area contributed by atoms with Gasteiger partial charge in [-0.05, 0) is 51.9 Å². The quantitative estimate of drug-likeness (QED) is 0.159. The second-order valence-corrected chi connectivity index (χ2v) is 10.0. The molecular formula is C36H24O6. The molecule has 0 aliphatic heterocycles. The van der Waals surface area contributed by atoms with Crippen LogP contribution in [0, 0.1) is 0 Å². The van der Waals surface area contributed by atoms with E-state index in [-0.39, 0.29) is 0 Å². The summed E-state index contributed by atoms with van der Waals surface area (Å²) in [6.45, 7) is 0. The molecule has 0 bridgehead atoms. The van der Waals surface area contributed by atoms with Crippen molar-refractivity contribution in [3.05, 3.63) is 130 Å². The maximum Gasteiger partial charge on any atom is 0.344 e. The third-order valence-electron chi connectivity index (χ3n) is 7.55. The van der Waals surface area contributed by atoms with E-state index in [0.717, 1.165) is 32.8 Å². The SMILES string of the molecule is COc1cc(OC)c2cc(-c3cccc(-c4cccc(-c5cc6ccc7ccccc7c6oc5=O)c4)c3)c(=O)oc2c1. The van der Waals surface area contributed by atoms with Crippen LogP contribution in [0.2, 0.25) is 0 Å². The first kappa shape index (κ1) is 25.4. The summed E-state index contributed by atoms with van der Waals surface area (Å²) in [7, 11) is 3.10. The van der Waals surface area contributed by atoms with Gasteiger partial charge in [0.1, 0.15) is 22.7 Å². The summed E-state index contributed by atoms with van der Waals surface area (Å²) < 4.78 is 22.4. The Labute approximate surface area is 240 Å². The zero-order chi connectivity index (χ0) is 28.8. The predicted molar refractivity (Wildman–Crippen MR) is 165 cm³/mol. The number of rotatable bonds is 5. The number of hydrogen-bond acceptors (Lipinski definition) is 6. The van der Waals surface area contributed by atoms with Gasteiger partial charge in [-0.3, -0.25) is 0 Å². The highest BCUT2D eigenvalue weighted by Gasteiger charge is 2.15. The lowest BCUT2D eigenvalue weighted by atomic mass is 9.96. The van der Waals surface area contributed by atoms with Crippen molar-refractivity contribution in [3.63, 3.8) is 0 Å². The topological polar surface area (TPSA) is 78.9 Å². The molecule has 0 atom stereocenters. The van der Waals surface area contributed by atoms with E-state index in [9.17, 15) is 9.59 Å². The van der Waals surface area contributed by atoms with Crippen molar-refractivity contribution in [3.8, 4) is 44.9 Å². The average molecular weight is 553 g/mol. The minimum Gasteiger partial charge on any atom is -0.496 e. The lowest BCUT2D eigenvalue weighted by molar-refractivity contribution is 0.396. The van der Waals surface area contributed by atoms with Gasteiger partial charge in [0.15, 0.2) is 0 Å². The molecule has 0 unspecified atom stereocenters. The molecule has 0 saturated carbocycles. The molecule has 0 aliphatic carbocycles. The molecule has 0 amide bonds. The molecule has 42 heavy (non-hydrogen) atoms. The Morgan fingerprint density at radius 1 is 0.524 bits per heavy atom. The van der Waals surface area contributed by atoms with E-state index in [1.807, 2.05) is 91.0 Å². The highest BCUT2D eigenvalue weighted by molar-refractivity contribution is 6.04. The maximum absolute atomic E-state index is 13.2. The third kappa shape index (κ3) is 4.30. The fourth-order valence-electron chi connectivity index (χ4n) is 5.43. The Kier molecular flexibility index (Phi) is 6.09. The van der Waals surface area contributed by atoms with E-state index in [0.29, 0.717) is 44.7 Å². The Hall–Kier alpha value is -5.62. The van der Waals surface area contributed by atoms with E-state index in [2.05, 4.69) is 0 Å². The molecule has 7 rings (SSSR count). The largest absolute Gasteiger partial charge is 0.496 e. The first-order valence-corrected chi connectivity index (χ1v) is 13.4. The second kappa shape index (κ2) is 10.1. The summed E-state index contributed by atoms with van der Waals surface area (Å²) in [6, 6.07) is 34.3. The lowest BCUT2D eigenvalue weighted by Gasteiger charge is -2.10. The van der Waals surface area contributed by atoms with Crippen LogP contribution < -0.4 is 20.7 Å². The van der Waals surface area contributed by atoms with Crippen LogP contribution in [0.25, 0.3) is 66.1 Å². The van der Waals surface area contributed by atoms with Crippen LogP contribution in [0.4, 0.5) is 0 Å². The highest BCUT2D eigenvalue weighted by Crippen LogP contribution is 2.34. The minimum atomic E-state index is -0.468. The fourth-order valence-corrected chi connectivity index (χ4v) is 5.43. The van der Waals surface area contributed by atoms with Gasteiger partial charge >= 0.3 is 11.3 Å². The minimum absolute atomic E-state index is 0.381. The van der Waals surface area contributed by atoms with Crippen molar-refractivity contribution in [2.45, 2.75) is 0 Å². The Morgan fingerprint density at radius 2 is 1.17 bits per heavy atom. The molecule has 7 aromatic rings. The van der Waals surface area contributed by atoms with Crippen LogP contribution in [0.3, 0.4) is 0 Å². The molecular weight excluding hydrogens is 528 g/mol. The van der Waals surface area contributed by atoms with Crippen LogP contribution in [-0.4, -0.2) is 14.2 Å². The van der Waals surface area contributed by atoms with E-state index >= 15 is 0 Å². The molecule has 0 aliphatic rings. The van der Waals surface area contributed by atoms with E-state index in [1.165, 1.54) is 0 Å². The van der Waals surface area contributed by atoms with Gasteiger partial charge in [-0.1, -0.05) is 72.8 Å². The Bertz CT molecular complexity index is 2280. The van der Waals surface area contributed by atoms with Crippen LogP contribution in [0.15, 0.2) is 128 Å². The van der Waals surface area contributed by atoms with Crippen LogP contribution in [-0.2, 0) is 0 Å². The lowest BCUT2D eigenvalue weighted by Crippen LogP contribution is -2.04. The van der Waals surface area contributed by atoms with E-state index in [4.69, 9.17) is 18.3 Å². The van der Waals surface area contributed by atoms with Gasteiger partial charge in [-0.25, -0.2) is 9.59 Å². The first-order valence-electron chi connectivity index (χ1n) is 13.4. The molecule has 0 radical (unpaired) electrons. The monoisotopic (exact) mass is 552 g/mol. The molecule has 204 valence electrons. The molecule has 0 N–H and O–H groups in total. The molecule has 0 saturated heterocycles. The smallest absolute Gasteiger partial charge is 0.344 e. The molecule has 6 nitrogen and oxygen atoms in total. The first-order chi connectivity index (χ1) is 20.5. The molecule has 5 aromatic carbocycles. The van der Waals surface area contributed by atoms with Crippen LogP contribution >= 0.6 is 0 Å². The summed E-state index contributed by atoms with van der Waals surface area (Å²) in [4.78, 5) is 26.2. The summed E-state index contributed by atoms with van der Waals surface area (Å²) >= 11 is 0. The standard InChI is InChI=1S/C36H24O6/c1-39-27-18-32(40-2)31-20-30(35(37)41-33(31)19-27)25-11-6-9-23(16-25)22-8-5-10-24(15-22)29-17-26-14-13-21-7-3-4-12-28(21)34(26)42-36(29)38/h3-20H,1-2H3. The van der Waals surface area contributed by atoms with Crippen molar-refractivity contribution >= 4 is 32.7 Å². The van der Waals surface area contributed by atoms with Gasteiger partial charge in [0.25, 0.3) is 0 Å². The van der Waals surface area contributed by atoms with Gasteiger partial charge in [0.05, 0.1) is 30.7 Å². The van der Waals surface area contributed by atoms with E-state index < -0.39 is 11.3 Å². The normalized spacial score (nSPS) is 11.3. The molecule has 2 aromatic heterocycles. The Balaban J connectivity index is 1.31. The van der Waals surface area contributed by atoms with Crippen LogP contribution in [0.5, 0.6) is 11.5 Å². The van der Waals surface area contributed by atoms with Crippen molar-refractivity contribution in [2.24, 2.45) is 0 Å². The van der Waals surface area contributed by atoms with E-state index in [1.54, 1.807) is 32.4 Å². The molecule has 0 fully saturated rings. The number of benzene rings is 5. The summed E-state index contributed by atoms with van der Waals surface area (Å²) in [6.07, 6.45) is 0. The van der Waals surface area contributed by atoms with Crippen molar-refractivity contribution in [1.29, 1.82) is 0 Å². The summed E-state index contributed by atoms with van der Waals surface area (Å²) in [5, 5.41) is 3.43. The zero-order valence-corrected chi connectivity index (χ0v) is 22.8. The summed E-state index contributed by atoms with van der Waals surface area (Å²) in [5.74, 6) is 1.08. The number of methoxy groups -OCH3 is 2. The second-order valence-electron chi connectivity index (χ2n) is 10.0. The fraction of sp³-hybridized carbons (Fsp3) is 0.0556. The van der Waals surface area contributed by atoms with Gasteiger partial charge in [0.2, 0.25) is 0 Å². The van der Waals surface area contributed by atoms with Gasteiger partial charge in [-0.15, -0.1) is 0 Å². The van der Waals surface area contributed by atoms with Gasteiger partial charge in [0, 0.05) is 22.9 Å². The maximum atomic E-state index is 13.2. The summed E-state index contributed by atoms with van der Waals surface area (Å²) in [5.41, 5.74) is 4.19. The van der Waals surface area contributed by atoms with Gasteiger partial charge in [-0.2, -0.15) is 0 Å². The number of ether oxygens (including phenoxy) is 2. The Morgan fingerprint density at radius 3 is 1.88 bits per heavy atom. The average Bonchev–Trinajstić information content (AvgIpc) is 3.03. The number of fused-ring (bicyclic) bond motifs is 4. The van der Waals surface area contributed by atoms with Crippen molar-refractivity contribution < 1.29 is 18.3 Å². The van der Waals surface area contributed by atoms with Crippen LogP contribution in [0.1, 0.15) is 0 Å². The highest BCUT2D eigenvalue weighted by atomic mass is 16.5. The number of hydrogen-bond donors (Lipinski definition) is 0. The third-order valence-corrected chi connectivity index (χ3v) is 7.55. The zero-order valence-electron chi connectivity index (χ0n) is 22.8. The van der Waals surface area contributed by atoms with Gasteiger partial charge < -0.3 is 18.3 Å². The molecule has 6 heteroatoms. The van der Waals surface area contributed by atoms with Crippen molar-refractivity contribution in [1.82, 2.24) is 0 Å². The van der Waals surface area contributed by atoms with Crippen molar-refractivity contribution in [2.75, 3.05) is 14.2 Å².